The van der Waals surface area contributed by atoms with E-state index in [1.54, 1.807) is 31.2 Å². The topological polar surface area (TPSA) is 92.7 Å². The molecule has 1 fully saturated rings. The maximum Gasteiger partial charge on any atom is 0.573 e. The number of hydrogen-bond donors (Lipinski definition) is 1. The molecule has 1 aliphatic heterocycles. The third-order valence-electron chi connectivity index (χ3n) is 4.96. The smallest absolute Gasteiger partial charge is 0.497 e. The first-order valence-corrected chi connectivity index (χ1v) is 10.5. The lowest BCUT2D eigenvalue weighted by atomic mass is 9.98. The van der Waals surface area contributed by atoms with E-state index in [0.29, 0.717) is 11.3 Å². The Labute approximate surface area is 198 Å². The average molecular weight is 504 g/mol. The summed E-state index contributed by atoms with van der Waals surface area (Å²) in [6.07, 6.45) is -12.5. The summed E-state index contributed by atoms with van der Waals surface area (Å²) in [6, 6.07) is 10.3. The molecule has 35 heavy (non-hydrogen) atoms. The summed E-state index contributed by atoms with van der Waals surface area (Å²) in [6.45, 7) is 1.03. The number of alkyl halides is 4. The molecule has 1 heterocycles. The molecule has 1 N–H and O–H groups in total. The molecule has 4 atom stereocenters. The molecule has 0 aromatic heterocycles. The lowest BCUT2D eigenvalue weighted by Crippen LogP contribution is -2.45. The minimum atomic E-state index is -4.93. The SMILES string of the molecule is CCOC(=O)OCC1OC(c2ccc(OC(F)(F)F)c(Cc3ccc(OC)cc3)c2)C(O)OC1F. The number of ether oxygens (including phenoxy) is 6. The molecule has 2 aromatic rings. The number of carbonyl (C=O) groups excluding carboxylic acids is 1. The highest BCUT2D eigenvalue weighted by molar-refractivity contribution is 5.59. The van der Waals surface area contributed by atoms with Gasteiger partial charge in [-0.25, -0.2) is 9.18 Å². The van der Waals surface area contributed by atoms with Crippen molar-refractivity contribution in [3.63, 3.8) is 0 Å². The van der Waals surface area contributed by atoms with Gasteiger partial charge in [0.1, 0.15) is 30.3 Å². The second-order valence-electron chi connectivity index (χ2n) is 7.41. The van der Waals surface area contributed by atoms with E-state index in [-0.39, 0.29) is 24.2 Å². The fourth-order valence-corrected chi connectivity index (χ4v) is 3.38. The monoisotopic (exact) mass is 504 g/mol. The lowest BCUT2D eigenvalue weighted by molar-refractivity contribution is -0.321. The van der Waals surface area contributed by atoms with E-state index in [9.17, 15) is 27.5 Å². The second-order valence-corrected chi connectivity index (χ2v) is 7.41. The van der Waals surface area contributed by atoms with Gasteiger partial charge >= 0.3 is 12.5 Å². The third-order valence-corrected chi connectivity index (χ3v) is 4.96. The number of aliphatic hydroxyl groups excluding tert-OH is 1. The summed E-state index contributed by atoms with van der Waals surface area (Å²) in [7, 11) is 1.48. The van der Waals surface area contributed by atoms with Gasteiger partial charge in [-0.05, 0) is 47.9 Å². The van der Waals surface area contributed by atoms with Crippen LogP contribution in [0.3, 0.4) is 0 Å². The fourth-order valence-electron chi connectivity index (χ4n) is 3.38. The molecule has 1 saturated heterocycles. The number of methoxy groups -OCH3 is 1. The van der Waals surface area contributed by atoms with Gasteiger partial charge < -0.3 is 33.5 Å². The number of carbonyl (C=O) groups is 1. The van der Waals surface area contributed by atoms with Gasteiger partial charge in [-0.1, -0.05) is 18.2 Å². The molecular weight excluding hydrogens is 480 g/mol. The molecule has 2 aromatic carbocycles. The summed E-state index contributed by atoms with van der Waals surface area (Å²) < 4.78 is 82.1. The molecule has 0 aliphatic carbocycles. The highest BCUT2D eigenvalue weighted by atomic mass is 19.4. The first kappa shape index (κ1) is 26.5. The van der Waals surface area contributed by atoms with Crippen LogP contribution in [0.1, 0.15) is 29.7 Å². The van der Waals surface area contributed by atoms with Gasteiger partial charge in [0.15, 0.2) is 6.29 Å². The largest absolute Gasteiger partial charge is 0.573 e. The Morgan fingerprint density at radius 3 is 2.43 bits per heavy atom. The van der Waals surface area contributed by atoms with E-state index in [1.165, 1.54) is 19.2 Å². The van der Waals surface area contributed by atoms with Gasteiger partial charge in [-0.15, -0.1) is 13.2 Å². The van der Waals surface area contributed by atoms with E-state index in [2.05, 4.69) is 9.47 Å². The van der Waals surface area contributed by atoms with Crippen LogP contribution in [-0.4, -0.2) is 56.7 Å². The molecule has 0 radical (unpaired) electrons. The van der Waals surface area contributed by atoms with Crippen LogP contribution < -0.4 is 9.47 Å². The average Bonchev–Trinajstić information content (AvgIpc) is 2.79. The van der Waals surface area contributed by atoms with Gasteiger partial charge in [-0.3, -0.25) is 0 Å². The molecule has 1 aliphatic rings. The van der Waals surface area contributed by atoms with Gasteiger partial charge in [-0.2, -0.15) is 0 Å². The molecule has 0 amide bonds. The van der Waals surface area contributed by atoms with E-state index < -0.39 is 49.7 Å². The third kappa shape index (κ3) is 7.44. The fraction of sp³-hybridized carbons (Fsp3) is 0.435. The van der Waals surface area contributed by atoms with Crippen LogP contribution in [0, 0.1) is 0 Å². The highest BCUT2D eigenvalue weighted by Gasteiger charge is 2.40. The second kappa shape index (κ2) is 11.6. The van der Waals surface area contributed by atoms with Crippen molar-refractivity contribution in [3.8, 4) is 11.5 Å². The molecule has 3 rings (SSSR count). The van der Waals surface area contributed by atoms with E-state index in [4.69, 9.17) is 18.9 Å². The summed E-state index contributed by atoms with van der Waals surface area (Å²) in [5.41, 5.74) is 0.979. The molecule has 0 spiro atoms. The van der Waals surface area contributed by atoms with Crippen LogP contribution in [0.15, 0.2) is 42.5 Å². The van der Waals surface area contributed by atoms with Gasteiger partial charge in [0.05, 0.1) is 13.7 Å². The summed E-state index contributed by atoms with van der Waals surface area (Å²) in [4.78, 5) is 11.4. The summed E-state index contributed by atoms with van der Waals surface area (Å²) >= 11 is 0. The molecule has 0 bridgehead atoms. The quantitative estimate of drug-likeness (QED) is 0.417. The standard InChI is InChI=1S/C23H24F4O8/c1-3-31-22(29)32-12-18-20(24)34-21(28)19(33-18)14-6-9-17(35-23(25,26)27)15(11-14)10-13-4-7-16(30-2)8-5-13/h4-9,11,18-21,28H,3,10,12H2,1-2H3. The van der Waals surface area contributed by atoms with E-state index >= 15 is 0 Å². The highest BCUT2D eigenvalue weighted by Crippen LogP contribution is 2.36. The zero-order chi connectivity index (χ0) is 25.6. The number of halogens is 4. The molecule has 4 unspecified atom stereocenters. The number of benzene rings is 2. The minimum absolute atomic E-state index is 0.0358. The first-order chi connectivity index (χ1) is 16.6. The molecule has 0 saturated carbocycles. The zero-order valence-electron chi connectivity index (χ0n) is 18.8. The van der Waals surface area contributed by atoms with Crippen molar-refractivity contribution >= 4 is 6.16 Å². The van der Waals surface area contributed by atoms with Crippen LogP contribution in [0.4, 0.5) is 22.4 Å². The predicted octanol–water partition coefficient (Wildman–Crippen LogP) is 4.43. The minimum Gasteiger partial charge on any atom is -0.497 e. The van der Waals surface area contributed by atoms with Crippen molar-refractivity contribution in [3.05, 3.63) is 59.2 Å². The van der Waals surface area contributed by atoms with E-state index in [1.807, 2.05) is 0 Å². The van der Waals surface area contributed by atoms with E-state index in [0.717, 1.165) is 6.07 Å². The maximum absolute atomic E-state index is 14.2. The van der Waals surface area contributed by atoms with Crippen molar-refractivity contribution in [2.45, 2.75) is 44.6 Å². The Morgan fingerprint density at radius 1 is 1.09 bits per heavy atom. The van der Waals surface area contributed by atoms with Crippen LogP contribution in [-0.2, 0) is 25.4 Å². The molecule has 12 heteroatoms. The van der Waals surface area contributed by atoms with Crippen LogP contribution in [0.2, 0.25) is 0 Å². The predicted molar refractivity (Wildman–Crippen MR) is 112 cm³/mol. The Balaban J connectivity index is 1.85. The van der Waals surface area contributed by atoms with Gasteiger partial charge in [0.25, 0.3) is 0 Å². The zero-order valence-corrected chi connectivity index (χ0v) is 18.8. The van der Waals surface area contributed by atoms with Crippen molar-refractivity contribution < 1.29 is 55.9 Å². The first-order valence-electron chi connectivity index (χ1n) is 10.5. The van der Waals surface area contributed by atoms with Crippen LogP contribution >= 0.6 is 0 Å². The molecule has 8 nitrogen and oxygen atoms in total. The van der Waals surface area contributed by atoms with Crippen LogP contribution in [0.5, 0.6) is 11.5 Å². The Hall–Kier alpha value is -3.09. The normalized spacial score (nSPS) is 22.4. The van der Waals surface area contributed by atoms with Crippen molar-refractivity contribution in [2.75, 3.05) is 20.3 Å². The van der Waals surface area contributed by atoms with Crippen molar-refractivity contribution in [1.29, 1.82) is 0 Å². The Bertz CT molecular complexity index is 982. The molecular formula is C23H24F4O8. The van der Waals surface area contributed by atoms with Gasteiger partial charge in [0.2, 0.25) is 6.36 Å². The van der Waals surface area contributed by atoms with Crippen LogP contribution in [0.25, 0.3) is 0 Å². The van der Waals surface area contributed by atoms with Crippen molar-refractivity contribution in [2.24, 2.45) is 0 Å². The maximum atomic E-state index is 14.2. The van der Waals surface area contributed by atoms with Gasteiger partial charge in [0, 0.05) is 6.42 Å². The lowest BCUT2D eigenvalue weighted by Gasteiger charge is -2.36. The molecule has 192 valence electrons. The number of hydrogen-bond acceptors (Lipinski definition) is 8. The Morgan fingerprint density at radius 2 is 1.80 bits per heavy atom. The summed E-state index contributed by atoms with van der Waals surface area (Å²) in [5.74, 6) is 0.121. The Kier molecular flexibility index (Phi) is 8.76. The number of rotatable bonds is 8. The van der Waals surface area contributed by atoms with Crippen molar-refractivity contribution in [1.82, 2.24) is 0 Å². The summed E-state index contributed by atoms with van der Waals surface area (Å²) in [5, 5.41) is 10.2. The number of aliphatic hydroxyl groups is 1.